The van der Waals surface area contributed by atoms with E-state index in [-0.39, 0.29) is 24.3 Å². The summed E-state index contributed by atoms with van der Waals surface area (Å²) in [5.74, 6) is 0.0652. The molecule has 1 aliphatic heterocycles. The maximum atomic E-state index is 12.6. The van der Waals surface area contributed by atoms with Crippen molar-refractivity contribution < 1.29 is 14.7 Å². The zero-order valence-electron chi connectivity index (χ0n) is 18.7. The number of hydrogen-bond donors (Lipinski definition) is 2. The fourth-order valence-corrected chi connectivity index (χ4v) is 5.07. The maximum absolute atomic E-state index is 12.6. The van der Waals surface area contributed by atoms with Gasteiger partial charge in [0.15, 0.2) is 0 Å². The highest BCUT2D eigenvalue weighted by Gasteiger charge is 2.32. The summed E-state index contributed by atoms with van der Waals surface area (Å²) < 4.78 is 0. The van der Waals surface area contributed by atoms with Crippen LogP contribution >= 0.6 is 0 Å². The Bertz CT molecular complexity index is 1020. The van der Waals surface area contributed by atoms with Gasteiger partial charge < -0.3 is 20.2 Å². The molecule has 2 amide bonds. The quantitative estimate of drug-likeness (QED) is 0.675. The summed E-state index contributed by atoms with van der Waals surface area (Å²) in [5.41, 5.74) is 4.52. The van der Waals surface area contributed by atoms with E-state index in [0.29, 0.717) is 26.2 Å². The van der Waals surface area contributed by atoms with Gasteiger partial charge in [-0.05, 0) is 47.6 Å². The third kappa shape index (κ3) is 5.28. The molecule has 0 spiro atoms. The molecule has 1 saturated carbocycles. The van der Waals surface area contributed by atoms with E-state index in [1.807, 2.05) is 6.07 Å². The summed E-state index contributed by atoms with van der Waals surface area (Å²) in [6, 6.07) is 18.9. The number of amides is 2. The van der Waals surface area contributed by atoms with Crippen molar-refractivity contribution in [2.75, 3.05) is 37.6 Å². The monoisotopic (exact) mass is 446 g/mol. The van der Waals surface area contributed by atoms with E-state index >= 15 is 0 Å². The Balaban J connectivity index is 1.48. The minimum Gasteiger partial charge on any atom is -0.465 e. The Labute approximate surface area is 194 Å². The van der Waals surface area contributed by atoms with Gasteiger partial charge in [0.25, 0.3) is 0 Å². The van der Waals surface area contributed by atoms with Crippen LogP contribution < -0.4 is 10.2 Å². The second-order valence-corrected chi connectivity index (χ2v) is 8.80. The summed E-state index contributed by atoms with van der Waals surface area (Å²) in [6.45, 7) is 2.48. The van der Waals surface area contributed by atoms with Crippen LogP contribution in [0.1, 0.15) is 37.2 Å². The molecule has 33 heavy (non-hydrogen) atoms. The van der Waals surface area contributed by atoms with E-state index in [2.05, 4.69) is 58.7 Å². The molecule has 7 nitrogen and oxygen atoms in total. The summed E-state index contributed by atoms with van der Waals surface area (Å²) in [4.78, 5) is 27.4. The van der Waals surface area contributed by atoms with Crippen molar-refractivity contribution in [3.8, 4) is 17.2 Å². The number of nitrogens with one attached hydrogen (secondary N) is 1. The van der Waals surface area contributed by atoms with Crippen LogP contribution in [0.4, 0.5) is 10.5 Å². The molecule has 1 heterocycles. The predicted molar refractivity (Wildman–Crippen MR) is 127 cm³/mol. The summed E-state index contributed by atoms with van der Waals surface area (Å²) in [6.07, 6.45) is 3.14. The SMILES string of the molecule is N#CCNC(=O)C1CCCCC1c1cccc(-c2ccc(N3CCN(C(=O)O)CC3)cc2)c1. The van der Waals surface area contributed by atoms with Crippen molar-refractivity contribution in [1.82, 2.24) is 10.2 Å². The molecule has 2 aromatic carbocycles. The molecular weight excluding hydrogens is 416 g/mol. The number of nitrogens with zero attached hydrogens (tertiary/aromatic N) is 3. The minimum absolute atomic E-state index is 0.0148. The zero-order chi connectivity index (χ0) is 23.2. The number of carboxylic acid groups (broad SMARTS) is 1. The zero-order valence-corrected chi connectivity index (χ0v) is 18.7. The number of piperazine rings is 1. The van der Waals surface area contributed by atoms with Gasteiger partial charge >= 0.3 is 6.09 Å². The highest BCUT2D eigenvalue weighted by Crippen LogP contribution is 2.39. The number of nitriles is 1. The number of carbonyl (C=O) groups is 2. The van der Waals surface area contributed by atoms with E-state index in [1.165, 1.54) is 10.5 Å². The lowest BCUT2D eigenvalue weighted by Gasteiger charge is -2.34. The molecule has 1 saturated heterocycles. The molecule has 2 aliphatic rings. The van der Waals surface area contributed by atoms with Gasteiger partial charge in [0.05, 0.1) is 6.07 Å². The van der Waals surface area contributed by atoms with E-state index in [0.717, 1.165) is 42.5 Å². The first-order valence-electron chi connectivity index (χ1n) is 11.6. The molecule has 2 aromatic rings. The van der Waals surface area contributed by atoms with E-state index in [1.54, 1.807) is 0 Å². The number of benzene rings is 2. The lowest BCUT2D eigenvalue weighted by atomic mass is 9.74. The van der Waals surface area contributed by atoms with Crippen molar-refractivity contribution in [3.63, 3.8) is 0 Å². The summed E-state index contributed by atoms with van der Waals surface area (Å²) in [7, 11) is 0. The van der Waals surface area contributed by atoms with Crippen LogP contribution in [-0.2, 0) is 4.79 Å². The lowest BCUT2D eigenvalue weighted by molar-refractivity contribution is -0.126. The molecule has 0 bridgehead atoms. The Hall–Kier alpha value is -3.53. The molecule has 7 heteroatoms. The van der Waals surface area contributed by atoms with Gasteiger partial charge in [-0.15, -0.1) is 0 Å². The first kappa shape index (κ1) is 22.7. The van der Waals surface area contributed by atoms with Gasteiger partial charge in [0.1, 0.15) is 6.54 Å². The van der Waals surface area contributed by atoms with Crippen LogP contribution in [0.5, 0.6) is 0 Å². The number of rotatable bonds is 5. The van der Waals surface area contributed by atoms with E-state index in [4.69, 9.17) is 10.4 Å². The van der Waals surface area contributed by atoms with Crippen LogP contribution in [0.2, 0.25) is 0 Å². The normalized spacial score (nSPS) is 20.7. The smallest absolute Gasteiger partial charge is 0.407 e. The Morgan fingerprint density at radius 2 is 1.73 bits per heavy atom. The minimum atomic E-state index is -0.854. The molecule has 2 fully saturated rings. The average Bonchev–Trinajstić information content (AvgIpc) is 2.87. The summed E-state index contributed by atoms with van der Waals surface area (Å²) >= 11 is 0. The highest BCUT2D eigenvalue weighted by molar-refractivity contribution is 5.80. The first-order chi connectivity index (χ1) is 16.1. The molecule has 4 rings (SSSR count). The Morgan fingerprint density at radius 3 is 2.42 bits per heavy atom. The Kier molecular flexibility index (Phi) is 7.13. The molecule has 1 aliphatic carbocycles. The topological polar surface area (TPSA) is 96.7 Å². The fraction of sp³-hybridized carbons (Fsp3) is 0.423. The fourth-order valence-electron chi connectivity index (χ4n) is 5.07. The molecule has 0 radical (unpaired) electrons. The maximum Gasteiger partial charge on any atom is 0.407 e. The molecule has 172 valence electrons. The van der Waals surface area contributed by atoms with E-state index in [9.17, 15) is 9.59 Å². The largest absolute Gasteiger partial charge is 0.465 e. The lowest BCUT2D eigenvalue weighted by Crippen LogP contribution is -2.48. The first-order valence-corrected chi connectivity index (χ1v) is 11.6. The molecular formula is C26H30N4O3. The van der Waals surface area contributed by atoms with Crippen LogP contribution in [0.25, 0.3) is 11.1 Å². The highest BCUT2D eigenvalue weighted by atomic mass is 16.4. The second kappa shape index (κ2) is 10.4. The van der Waals surface area contributed by atoms with Crippen molar-refractivity contribution >= 4 is 17.7 Å². The number of carbonyl (C=O) groups excluding carboxylic acids is 1. The van der Waals surface area contributed by atoms with Gasteiger partial charge in [-0.2, -0.15) is 5.26 Å². The van der Waals surface area contributed by atoms with Crippen molar-refractivity contribution in [1.29, 1.82) is 5.26 Å². The second-order valence-electron chi connectivity index (χ2n) is 8.80. The Morgan fingerprint density at radius 1 is 1.00 bits per heavy atom. The van der Waals surface area contributed by atoms with Crippen LogP contribution in [-0.4, -0.2) is 54.7 Å². The third-order valence-electron chi connectivity index (χ3n) is 6.88. The third-order valence-corrected chi connectivity index (χ3v) is 6.88. The van der Waals surface area contributed by atoms with Crippen LogP contribution in [0, 0.1) is 17.2 Å². The van der Waals surface area contributed by atoms with Gasteiger partial charge in [-0.3, -0.25) is 4.79 Å². The van der Waals surface area contributed by atoms with Crippen molar-refractivity contribution in [3.05, 3.63) is 54.1 Å². The van der Waals surface area contributed by atoms with Gasteiger partial charge in [0.2, 0.25) is 5.91 Å². The van der Waals surface area contributed by atoms with Gasteiger partial charge in [0, 0.05) is 37.8 Å². The molecule has 2 unspecified atom stereocenters. The number of anilines is 1. The van der Waals surface area contributed by atoms with Crippen LogP contribution in [0.3, 0.4) is 0 Å². The number of hydrogen-bond acceptors (Lipinski definition) is 4. The van der Waals surface area contributed by atoms with Crippen LogP contribution in [0.15, 0.2) is 48.5 Å². The summed E-state index contributed by atoms with van der Waals surface area (Å²) in [5, 5.41) is 20.7. The molecule has 2 N–H and O–H groups in total. The average molecular weight is 447 g/mol. The van der Waals surface area contributed by atoms with Crippen molar-refractivity contribution in [2.24, 2.45) is 5.92 Å². The van der Waals surface area contributed by atoms with E-state index < -0.39 is 6.09 Å². The van der Waals surface area contributed by atoms with Gasteiger partial charge in [-0.25, -0.2) is 4.79 Å². The van der Waals surface area contributed by atoms with Crippen molar-refractivity contribution in [2.45, 2.75) is 31.6 Å². The molecule has 0 aromatic heterocycles. The standard InChI is InChI=1S/C26H30N4O3/c27-12-13-28-25(31)24-7-2-1-6-23(24)21-5-3-4-20(18-21)19-8-10-22(11-9-19)29-14-16-30(17-15-29)26(32)33/h3-5,8-11,18,23-24H,1-2,6-7,13-17H2,(H,28,31)(H,32,33). The predicted octanol–water partition coefficient (Wildman–Crippen LogP) is 4.07. The molecule has 2 atom stereocenters. The van der Waals surface area contributed by atoms with Gasteiger partial charge in [-0.1, -0.05) is 49.2 Å².